The molecule has 0 atom stereocenters. The standard InChI is InChI=1S/C18H19ClN2O3/c1-12-10-15(19)6-7-16(12)21-18(23)14-5-3-4-13(11-14)17(22)20-8-9-24-2/h3-7,10-11H,8-9H2,1-2H3,(H,20,22)(H,21,23). The number of nitrogens with one attached hydrogen (secondary N) is 2. The van der Waals surface area contributed by atoms with Gasteiger partial charge in [-0.1, -0.05) is 17.7 Å². The van der Waals surface area contributed by atoms with Crippen LogP contribution in [0.25, 0.3) is 0 Å². The highest BCUT2D eigenvalue weighted by Crippen LogP contribution is 2.20. The fourth-order valence-electron chi connectivity index (χ4n) is 2.13. The summed E-state index contributed by atoms with van der Waals surface area (Å²) in [6.45, 7) is 2.71. The van der Waals surface area contributed by atoms with E-state index in [2.05, 4.69) is 10.6 Å². The fraction of sp³-hybridized carbons (Fsp3) is 0.222. The number of methoxy groups -OCH3 is 1. The summed E-state index contributed by atoms with van der Waals surface area (Å²) in [5.41, 5.74) is 2.37. The van der Waals surface area contributed by atoms with Gasteiger partial charge in [-0.05, 0) is 48.9 Å². The quantitative estimate of drug-likeness (QED) is 0.789. The number of carbonyl (C=O) groups is 2. The molecule has 0 fully saturated rings. The number of rotatable bonds is 6. The smallest absolute Gasteiger partial charge is 0.255 e. The van der Waals surface area contributed by atoms with Gasteiger partial charge in [0.1, 0.15) is 0 Å². The molecular weight excluding hydrogens is 328 g/mol. The van der Waals surface area contributed by atoms with Crippen LogP contribution in [-0.4, -0.2) is 32.1 Å². The van der Waals surface area contributed by atoms with Crippen LogP contribution in [0.5, 0.6) is 0 Å². The second-order valence-electron chi connectivity index (χ2n) is 5.24. The first-order chi connectivity index (χ1) is 11.5. The summed E-state index contributed by atoms with van der Waals surface area (Å²) < 4.78 is 4.89. The van der Waals surface area contributed by atoms with E-state index >= 15 is 0 Å². The Balaban J connectivity index is 2.09. The van der Waals surface area contributed by atoms with E-state index in [9.17, 15) is 9.59 Å². The third kappa shape index (κ3) is 4.81. The number of aryl methyl sites for hydroxylation is 1. The molecule has 6 heteroatoms. The molecule has 24 heavy (non-hydrogen) atoms. The van der Waals surface area contributed by atoms with Crippen molar-refractivity contribution in [2.45, 2.75) is 6.92 Å². The highest BCUT2D eigenvalue weighted by molar-refractivity contribution is 6.30. The Hall–Kier alpha value is -2.37. The van der Waals surface area contributed by atoms with E-state index in [0.717, 1.165) is 5.56 Å². The lowest BCUT2D eigenvalue weighted by atomic mass is 10.1. The minimum Gasteiger partial charge on any atom is -0.383 e. The first kappa shape index (κ1) is 18.0. The van der Waals surface area contributed by atoms with Gasteiger partial charge in [-0.25, -0.2) is 0 Å². The number of carbonyl (C=O) groups excluding carboxylic acids is 2. The zero-order chi connectivity index (χ0) is 17.5. The van der Waals surface area contributed by atoms with Crippen LogP contribution in [0.4, 0.5) is 5.69 Å². The minimum absolute atomic E-state index is 0.246. The van der Waals surface area contributed by atoms with Gasteiger partial charge in [-0.15, -0.1) is 0 Å². The third-order valence-corrected chi connectivity index (χ3v) is 3.65. The van der Waals surface area contributed by atoms with Gasteiger partial charge < -0.3 is 15.4 Å². The van der Waals surface area contributed by atoms with Gasteiger partial charge in [0.2, 0.25) is 0 Å². The summed E-state index contributed by atoms with van der Waals surface area (Å²) in [5.74, 6) is -0.531. The monoisotopic (exact) mass is 346 g/mol. The average molecular weight is 347 g/mol. The van der Waals surface area contributed by atoms with Crippen LogP contribution in [-0.2, 0) is 4.74 Å². The molecule has 0 heterocycles. The predicted molar refractivity (Wildman–Crippen MR) is 94.8 cm³/mol. The number of hydrogen-bond acceptors (Lipinski definition) is 3. The van der Waals surface area contributed by atoms with Gasteiger partial charge in [0.15, 0.2) is 0 Å². The molecule has 0 bridgehead atoms. The van der Waals surface area contributed by atoms with Crippen LogP contribution in [0, 0.1) is 6.92 Å². The van der Waals surface area contributed by atoms with Crippen LogP contribution in [0.3, 0.4) is 0 Å². The maximum atomic E-state index is 12.4. The largest absolute Gasteiger partial charge is 0.383 e. The second-order valence-corrected chi connectivity index (χ2v) is 5.68. The fourth-order valence-corrected chi connectivity index (χ4v) is 2.36. The van der Waals surface area contributed by atoms with E-state index in [4.69, 9.17) is 16.3 Å². The Bertz CT molecular complexity index is 747. The van der Waals surface area contributed by atoms with Crippen molar-refractivity contribution in [2.75, 3.05) is 25.6 Å². The molecule has 0 aromatic heterocycles. The molecule has 2 N–H and O–H groups in total. The summed E-state index contributed by atoms with van der Waals surface area (Å²) >= 11 is 5.91. The Kier molecular flexibility index (Phi) is 6.35. The molecule has 0 aliphatic carbocycles. The van der Waals surface area contributed by atoms with E-state index in [1.165, 1.54) is 0 Å². The van der Waals surface area contributed by atoms with Crippen LogP contribution in [0.2, 0.25) is 5.02 Å². The maximum Gasteiger partial charge on any atom is 0.255 e. The first-order valence-corrected chi connectivity index (χ1v) is 7.84. The number of anilines is 1. The summed E-state index contributed by atoms with van der Waals surface area (Å²) in [4.78, 5) is 24.4. The average Bonchev–Trinajstić information content (AvgIpc) is 2.57. The number of halogens is 1. The van der Waals surface area contributed by atoms with Gasteiger partial charge in [-0.3, -0.25) is 9.59 Å². The molecule has 5 nitrogen and oxygen atoms in total. The SMILES string of the molecule is COCCNC(=O)c1cccc(C(=O)Nc2ccc(Cl)cc2C)c1. The van der Waals surface area contributed by atoms with E-state index in [0.29, 0.717) is 35.0 Å². The molecule has 2 rings (SSSR count). The summed E-state index contributed by atoms with van der Waals surface area (Å²) in [6.07, 6.45) is 0. The van der Waals surface area contributed by atoms with E-state index in [-0.39, 0.29) is 11.8 Å². The molecular formula is C18H19ClN2O3. The maximum absolute atomic E-state index is 12.4. The van der Waals surface area contributed by atoms with Crippen molar-refractivity contribution in [2.24, 2.45) is 0 Å². The molecule has 0 saturated heterocycles. The van der Waals surface area contributed by atoms with Crippen molar-refractivity contribution in [1.29, 1.82) is 0 Å². The van der Waals surface area contributed by atoms with Gasteiger partial charge in [0.05, 0.1) is 6.61 Å². The molecule has 0 spiro atoms. The minimum atomic E-state index is -0.285. The van der Waals surface area contributed by atoms with Gasteiger partial charge in [0.25, 0.3) is 11.8 Å². The zero-order valence-electron chi connectivity index (χ0n) is 13.6. The van der Waals surface area contributed by atoms with E-state index in [1.54, 1.807) is 49.6 Å². The lowest BCUT2D eigenvalue weighted by Crippen LogP contribution is -2.27. The summed E-state index contributed by atoms with van der Waals surface area (Å²) in [7, 11) is 1.57. The Morgan fingerprint density at radius 1 is 1.08 bits per heavy atom. The van der Waals surface area contributed by atoms with E-state index in [1.807, 2.05) is 6.92 Å². The lowest BCUT2D eigenvalue weighted by Gasteiger charge is -2.10. The Morgan fingerprint density at radius 2 is 1.79 bits per heavy atom. The lowest BCUT2D eigenvalue weighted by molar-refractivity contribution is 0.0937. The molecule has 0 aliphatic rings. The topological polar surface area (TPSA) is 67.4 Å². The summed E-state index contributed by atoms with van der Waals surface area (Å²) in [6, 6.07) is 11.8. The van der Waals surface area contributed by atoms with Crippen LogP contribution in [0.1, 0.15) is 26.3 Å². The van der Waals surface area contributed by atoms with Crippen molar-refractivity contribution in [3.05, 3.63) is 64.2 Å². The molecule has 0 unspecified atom stereocenters. The van der Waals surface area contributed by atoms with Crippen LogP contribution >= 0.6 is 11.6 Å². The normalized spacial score (nSPS) is 10.3. The van der Waals surface area contributed by atoms with Gasteiger partial charge in [-0.2, -0.15) is 0 Å². The third-order valence-electron chi connectivity index (χ3n) is 3.42. The van der Waals surface area contributed by atoms with Gasteiger partial charge >= 0.3 is 0 Å². The van der Waals surface area contributed by atoms with Crippen LogP contribution < -0.4 is 10.6 Å². The molecule has 0 aliphatic heterocycles. The van der Waals surface area contributed by atoms with Crippen molar-refractivity contribution in [1.82, 2.24) is 5.32 Å². The van der Waals surface area contributed by atoms with Crippen molar-refractivity contribution >= 4 is 29.1 Å². The highest BCUT2D eigenvalue weighted by atomic mass is 35.5. The van der Waals surface area contributed by atoms with Crippen molar-refractivity contribution in [3.8, 4) is 0 Å². The molecule has 2 aromatic carbocycles. The summed E-state index contributed by atoms with van der Waals surface area (Å²) in [5, 5.41) is 6.15. The predicted octanol–water partition coefficient (Wildman–Crippen LogP) is 3.28. The molecule has 0 radical (unpaired) electrons. The zero-order valence-corrected chi connectivity index (χ0v) is 14.3. The number of hydrogen-bond donors (Lipinski definition) is 2. The van der Waals surface area contributed by atoms with Crippen molar-refractivity contribution < 1.29 is 14.3 Å². The second kappa shape index (κ2) is 8.47. The van der Waals surface area contributed by atoms with Crippen molar-refractivity contribution in [3.63, 3.8) is 0 Å². The van der Waals surface area contributed by atoms with Crippen LogP contribution in [0.15, 0.2) is 42.5 Å². The first-order valence-electron chi connectivity index (χ1n) is 7.46. The highest BCUT2D eigenvalue weighted by Gasteiger charge is 2.11. The number of benzene rings is 2. The molecule has 0 saturated carbocycles. The molecule has 2 aromatic rings. The Labute approximate surface area is 146 Å². The van der Waals surface area contributed by atoms with Gasteiger partial charge in [0, 0.05) is 35.5 Å². The molecule has 2 amide bonds. The Morgan fingerprint density at radius 3 is 2.46 bits per heavy atom. The number of amides is 2. The van der Waals surface area contributed by atoms with E-state index < -0.39 is 0 Å². The number of ether oxygens (including phenoxy) is 1. The molecule has 126 valence electrons.